The molecule has 0 atom stereocenters. The zero-order chi connectivity index (χ0) is 19.4. The highest BCUT2D eigenvalue weighted by Crippen LogP contribution is 2.30. The third-order valence-electron chi connectivity index (χ3n) is 3.34. The molecular weight excluding hydrogens is 454 g/mol. The summed E-state index contributed by atoms with van der Waals surface area (Å²) in [6.07, 6.45) is 2.68. The van der Waals surface area contributed by atoms with Crippen molar-refractivity contribution in [1.82, 2.24) is 9.97 Å². The normalized spacial score (nSPS) is 11.1. The fourth-order valence-corrected chi connectivity index (χ4v) is 3.26. The van der Waals surface area contributed by atoms with Gasteiger partial charge in [-0.25, -0.2) is 13.4 Å². The van der Waals surface area contributed by atoms with E-state index in [1.165, 1.54) is 0 Å². The van der Waals surface area contributed by atoms with Gasteiger partial charge in [-0.15, -0.1) is 0 Å². The van der Waals surface area contributed by atoms with Gasteiger partial charge in [0.05, 0.1) is 32.8 Å². The van der Waals surface area contributed by atoms with E-state index in [0.29, 0.717) is 38.3 Å². The van der Waals surface area contributed by atoms with Gasteiger partial charge in [0.25, 0.3) is 0 Å². The average Bonchev–Trinajstić information content (AvgIpc) is 2.60. The zero-order valence-electron chi connectivity index (χ0n) is 14.1. The predicted octanol–water partition coefficient (Wildman–Crippen LogP) is 4.75. The molecule has 3 N–H and O–H groups in total. The van der Waals surface area contributed by atoms with E-state index >= 15 is 0 Å². The van der Waals surface area contributed by atoms with Crippen LogP contribution >= 0.6 is 27.5 Å². The summed E-state index contributed by atoms with van der Waals surface area (Å²) in [5, 5.41) is 6.70. The highest BCUT2D eigenvalue weighted by atomic mass is 79.9. The Balaban J connectivity index is 1.89. The number of nitrogens with one attached hydrogen (secondary N) is 3. The largest absolute Gasteiger partial charge is 0.337 e. The van der Waals surface area contributed by atoms with Crippen LogP contribution in [0.1, 0.15) is 0 Å². The number of sulfonamides is 1. The van der Waals surface area contributed by atoms with Crippen molar-refractivity contribution in [2.45, 2.75) is 0 Å². The quantitative estimate of drug-likeness (QED) is 0.483. The molecule has 2 aromatic carbocycles. The van der Waals surface area contributed by atoms with Crippen molar-refractivity contribution in [3.63, 3.8) is 0 Å². The van der Waals surface area contributed by atoms with Gasteiger partial charge >= 0.3 is 0 Å². The smallest absolute Gasteiger partial charge is 0.229 e. The van der Waals surface area contributed by atoms with Crippen LogP contribution in [-0.4, -0.2) is 24.6 Å². The van der Waals surface area contributed by atoms with Crippen LogP contribution in [0.5, 0.6) is 0 Å². The van der Waals surface area contributed by atoms with Crippen LogP contribution in [0.4, 0.5) is 28.8 Å². The summed E-state index contributed by atoms with van der Waals surface area (Å²) in [7, 11) is -3.42. The first kappa shape index (κ1) is 19.4. The van der Waals surface area contributed by atoms with Gasteiger partial charge in [0.2, 0.25) is 16.0 Å². The number of benzene rings is 2. The molecule has 27 heavy (non-hydrogen) atoms. The molecule has 0 bridgehead atoms. The Morgan fingerprint density at radius 3 is 2.26 bits per heavy atom. The minimum Gasteiger partial charge on any atom is -0.337 e. The molecule has 0 amide bonds. The Hall–Kier alpha value is -2.36. The molecule has 0 aliphatic carbocycles. The maximum absolute atomic E-state index is 11.6. The van der Waals surface area contributed by atoms with Crippen molar-refractivity contribution >= 4 is 66.4 Å². The van der Waals surface area contributed by atoms with Gasteiger partial charge < -0.3 is 10.6 Å². The third-order valence-corrected chi connectivity index (χ3v) is 4.84. The molecule has 0 saturated carbocycles. The number of nitrogens with zero attached hydrogens (tertiary/aromatic N) is 2. The number of para-hydroxylation sites is 3. The minimum absolute atomic E-state index is 0.336. The number of rotatable bonds is 6. The molecule has 0 saturated heterocycles. The van der Waals surface area contributed by atoms with E-state index in [-0.39, 0.29) is 0 Å². The van der Waals surface area contributed by atoms with Crippen LogP contribution in [0.3, 0.4) is 0 Å². The standard InChI is InChI=1S/C17H15BrClN5O2S/c1-27(25,26)24-15-9-5-4-8-14(15)21-16-11(18)10-20-17(23-16)22-13-7-3-2-6-12(13)19/h2-10,24H,1H3,(H2,20,21,22,23). The second-order valence-electron chi connectivity index (χ2n) is 5.54. The molecule has 0 fully saturated rings. The third kappa shape index (κ3) is 5.31. The molecule has 0 aliphatic rings. The molecule has 0 aliphatic heterocycles. The summed E-state index contributed by atoms with van der Waals surface area (Å²) in [4.78, 5) is 8.65. The molecule has 3 rings (SSSR count). The summed E-state index contributed by atoms with van der Waals surface area (Å²) < 4.78 is 26.2. The topological polar surface area (TPSA) is 96.0 Å². The highest BCUT2D eigenvalue weighted by Gasteiger charge is 2.11. The maximum Gasteiger partial charge on any atom is 0.229 e. The molecule has 10 heteroatoms. The minimum atomic E-state index is -3.42. The van der Waals surface area contributed by atoms with E-state index in [1.807, 2.05) is 18.2 Å². The average molecular weight is 469 g/mol. The Bertz CT molecular complexity index is 1080. The van der Waals surface area contributed by atoms with Gasteiger partial charge in [-0.1, -0.05) is 35.9 Å². The molecule has 0 spiro atoms. The SMILES string of the molecule is CS(=O)(=O)Nc1ccccc1Nc1nc(Nc2ccccc2Cl)ncc1Br. The van der Waals surface area contributed by atoms with Crippen molar-refractivity contribution < 1.29 is 8.42 Å². The van der Waals surface area contributed by atoms with Crippen LogP contribution in [-0.2, 0) is 10.0 Å². The lowest BCUT2D eigenvalue weighted by atomic mass is 10.2. The molecule has 140 valence electrons. The molecule has 0 radical (unpaired) electrons. The number of halogens is 2. The second kappa shape index (κ2) is 8.12. The van der Waals surface area contributed by atoms with Crippen LogP contribution in [0, 0.1) is 0 Å². The Morgan fingerprint density at radius 2 is 1.59 bits per heavy atom. The molecule has 0 unspecified atom stereocenters. The van der Waals surface area contributed by atoms with Crippen LogP contribution in [0.25, 0.3) is 0 Å². The predicted molar refractivity (Wildman–Crippen MR) is 113 cm³/mol. The van der Waals surface area contributed by atoms with E-state index in [9.17, 15) is 8.42 Å². The Morgan fingerprint density at radius 1 is 0.963 bits per heavy atom. The summed E-state index contributed by atoms with van der Waals surface area (Å²) in [6, 6.07) is 14.2. The van der Waals surface area contributed by atoms with Gasteiger partial charge in [-0.05, 0) is 40.2 Å². The summed E-state index contributed by atoms with van der Waals surface area (Å²) in [6.45, 7) is 0. The van der Waals surface area contributed by atoms with E-state index in [4.69, 9.17) is 11.6 Å². The first-order chi connectivity index (χ1) is 12.8. The van der Waals surface area contributed by atoms with Gasteiger partial charge in [0.15, 0.2) is 0 Å². The first-order valence-electron chi connectivity index (χ1n) is 7.70. The second-order valence-corrected chi connectivity index (χ2v) is 8.55. The number of aromatic nitrogens is 2. The van der Waals surface area contributed by atoms with E-state index in [0.717, 1.165) is 6.26 Å². The molecule has 3 aromatic rings. The summed E-state index contributed by atoms with van der Waals surface area (Å²) in [5.41, 5.74) is 1.63. The number of hydrogen-bond acceptors (Lipinski definition) is 6. The van der Waals surface area contributed by atoms with Gasteiger partial charge in [-0.3, -0.25) is 4.72 Å². The molecule has 1 heterocycles. The van der Waals surface area contributed by atoms with Crippen molar-refractivity contribution in [2.75, 3.05) is 21.6 Å². The van der Waals surface area contributed by atoms with Gasteiger partial charge in [0, 0.05) is 6.20 Å². The monoisotopic (exact) mass is 467 g/mol. The van der Waals surface area contributed by atoms with Crippen LogP contribution in [0.15, 0.2) is 59.2 Å². The lowest BCUT2D eigenvalue weighted by molar-refractivity contribution is 0.607. The molecule has 7 nitrogen and oxygen atoms in total. The Kier molecular flexibility index (Phi) is 5.83. The Labute approximate surface area is 170 Å². The fourth-order valence-electron chi connectivity index (χ4n) is 2.21. The number of anilines is 5. The van der Waals surface area contributed by atoms with E-state index < -0.39 is 10.0 Å². The van der Waals surface area contributed by atoms with Crippen molar-refractivity contribution in [3.8, 4) is 0 Å². The summed E-state index contributed by atoms with van der Waals surface area (Å²) in [5.74, 6) is 0.796. The van der Waals surface area contributed by atoms with E-state index in [2.05, 4.69) is 41.3 Å². The lowest BCUT2D eigenvalue weighted by Gasteiger charge is -2.14. The fraction of sp³-hybridized carbons (Fsp3) is 0.0588. The van der Waals surface area contributed by atoms with Gasteiger partial charge in [0.1, 0.15) is 5.82 Å². The zero-order valence-corrected chi connectivity index (χ0v) is 17.2. The lowest BCUT2D eigenvalue weighted by Crippen LogP contribution is -2.11. The maximum atomic E-state index is 11.6. The molecular formula is C17H15BrClN5O2S. The van der Waals surface area contributed by atoms with Gasteiger partial charge in [-0.2, -0.15) is 4.98 Å². The summed E-state index contributed by atoms with van der Waals surface area (Å²) >= 11 is 9.54. The van der Waals surface area contributed by atoms with Crippen molar-refractivity contribution in [1.29, 1.82) is 0 Å². The van der Waals surface area contributed by atoms with Crippen LogP contribution < -0.4 is 15.4 Å². The highest BCUT2D eigenvalue weighted by molar-refractivity contribution is 9.10. The first-order valence-corrected chi connectivity index (χ1v) is 10.8. The molecule has 1 aromatic heterocycles. The van der Waals surface area contributed by atoms with Crippen LogP contribution in [0.2, 0.25) is 5.02 Å². The van der Waals surface area contributed by atoms with Crippen molar-refractivity contribution in [3.05, 3.63) is 64.2 Å². The number of hydrogen-bond donors (Lipinski definition) is 3. The van der Waals surface area contributed by atoms with Crippen molar-refractivity contribution in [2.24, 2.45) is 0 Å². The van der Waals surface area contributed by atoms with E-state index in [1.54, 1.807) is 36.5 Å².